The monoisotopic (exact) mass is 255 g/mol. The van der Waals surface area contributed by atoms with Crippen molar-refractivity contribution in [2.45, 2.75) is 27.7 Å². The second-order valence-electron chi connectivity index (χ2n) is 4.91. The first kappa shape index (κ1) is 13.3. The second-order valence-corrected chi connectivity index (χ2v) is 4.91. The number of pyridine rings is 1. The zero-order valence-electron chi connectivity index (χ0n) is 11.7. The zero-order chi connectivity index (χ0) is 14.2. The average molecular weight is 255 g/mol. The van der Waals surface area contributed by atoms with Crippen molar-refractivity contribution in [3.63, 3.8) is 0 Å². The molecule has 1 aromatic heterocycles. The van der Waals surface area contributed by atoms with E-state index in [-0.39, 0.29) is 16.8 Å². The van der Waals surface area contributed by atoms with Crippen LogP contribution in [-0.2, 0) is 0 Å². The van der Waals surface area contributed by atoms with E-state index in [0.717, 1.165) is 22.5 Å². The second kappa shape index (κ2) is 4.84. The summed E-state index contributed by atoms with van der Waals surface area (Å²) >= 11 is 0. The van der Waals surface area contributed by atoms with Gasteiger partial charge in [0.1, 0.15) is 0 Å². The molecule has 19 heavy (non-hydrogen) atoms. The number of carbonyl (C=O) groups is 1. The number of aromatic nitrogens is 1. The number of rotatable bonds is 2. The zero-order valence-corrected chi connectivity index (χ0v) is 11.7. The summed E-state index contributed by atoms with van der Waals surface area (Å²) < 4.78 is 1.90. The first-order valence-corrected chi connectivity index (χ1v) is 6.22. The van der Waals surface area contributed by atoms with Crippen LogP contribution in [0.2, 0.25) is 0 Å². The molecule has 1 heterocycles. The minimum absolute atomic E-state index is 0.205. The molecule has 0 bridgehead atoms. The highest BCUT2D eigenvalue weighted by Crippen LogP contribution is 2.17. The van der Waals surface area contributed by atoms with E-state index >= 15 is 0 Å². The van der Waals surface area contributed by atoms with Crippen molar-refractivity contribution in [3.05, 3.63) is 63.1 Å². The third kappa shape index (κ3) is 2.50. The number of carbonyl (C=O) groups excluding carboxylic acids is 1. The molecule has 0 radical (unpaired) electrons. The van der Waals surface area contributed by atoms with Gasteiger partial charge in [0.25, 0.3) is 0 Å². The Bertz CT molecular complexity index is 711. The molecule has 0 aliphatic carbocycles. The first-order chi connectivity index (χ1) is 8.90. The number of aryl methyl sites for hydroxylation is 3. The molecule has 0 saturated carbocycles. The van der Waals surface area contributed by atoms with Crippen molar-refractivity contribution in [2.75, 3.05) is 0 Å². The molecule has 0 spiro atoms. The number of hydrogen-bond acceptors (Lipinski definition) is 2. The van der Waals surface area contributed by atoms with Crippen molar-refractivity contribution in [1.29, 1.82) is 0 Å². The Kier molecular flexibility index (Phi) is 3.38. The van der Waals surface area contributed by atoms with E-state index in [9.17, 15) is 9.59 Å². The Balaban J connectivity index is 2.75. The Labute approximate surface area is 112 Å². The van der Waals surface area contributed by atoms with Gasteiger partial charge in [0.2, 0.25) is 0 Å². The molecule has 2 rings (SSSR count). The minimum Gasteiger partial charge on any atom is -0.320 e. The fraction of sp³-hybridized carbons (Fsp3) is 0.250. The number of Topliss-reactive ketones (excluding diaryl/α,β-unsaturated/α-hetero) is 1. The predicted molar refractivity (Wildman–Crippen MR) is 76.3 cm³/mol. The number of ketones is 1. The maximum absolute atomic E-state index is 11.8. The molecule has 0 fully saturated rings. The summed E-state index contributed by atoms with van der Waals surface area (Å²) in [6, 6.07) is 7.65. The van der Waals surface area contributed by atoms with E-state index in [1.54, 1.807) is 6.20 Å². The maximum atomic E-state index is 11.8. The van der Waals surface area contributed by atoms with E-state index in [1.807, 2.05) is 37.5 Å². The number of benzene rings is 1. The molecule has 0 amide bonds. The van der Waals surface area contributed by atoms with Gasteiger partial charge >= 0.3 is 0 Å². The van der Waals surface area contributed by atoms with Gasteiger partial charge in [0.15, 0.2) is 11.2 Å². The van der Waals surface area contributed by atoms with Gasteiger partial charge in [-0.2, -0.15) is 0 Å². The molecular formula is C16H17NO2. The Morgan fingerprint density at radius 2 is 1.79 bits per heavy atom. The van der Waals surface area contributed by atoms with Crippen LogP contribution in [0.3, 0.4) is 0 Å². The Morgan fingerprint density at radius 1 is 1.11 bits per heavy atom. The highest BCUT2D eigenvalue weighted by Gasteiger charge is 2.10. The summed E-state index contributed by atoms with van der Waals surface area (Å²) in [5, 5.41) is 0. The summed E-state index contributed by atoms with van der Waals surface area (Å²) in [4.78, 5) is 23.3. The smallest absolute Gasteiger partial charge is 0.192 e. The Morgan fingerprint density at radius 3 is 2.42 bits per heavy atom. The maximum Gasteiger partial charge on any atom is 0.192 e. The minimum atomic E-state index is -0.216. The predicted octanol–water partition coefficient (Wildman–Crippen LogP) is 2.97. The third-order valence-corrected chi connectivity index (χ3v) is 3.25. The Hall–Kier alpha value is -2.16. The summed E-state index contributed by atoms with van der Waals surface area (Å²) in [5.41, 5.74) is 4.08. The molecule has 2 aromatic rings. The number of nitrogens with zero attached hydrogens (tertiary/aromatic N) is 1. The van der Waals surface area contributed by atoms with Crippen molar-refractivity contribution < 1.29 is 4.79 Å². The van der Waals surface area contributed by atoms with Crippen LogP contribution in [0.15, 0.2) is 35.3 Å². The quantitative estimate of drug-likeness (QED) is 0.774. The molecule has 0 N–H and O–H groups in total. The normalized spacial score (nSPS) is 10.5. The van der Waals surface area contributed by atoms with Gasteiger partial charge in [-0.3, -0.25) is 9.59 Å². The van der Waals surface area contributed by atoms with Crippen LogP contribution in [0.5, 0.6) is 0 Å². The van der Waals surface area contributed by atoms with E-state index in [0.29, 0.717) is 0 Å². The van der Waals surface area contributed by atoms with Crippen LogP contribution in [0, 0.1) is 20.8 Å². The molecule has 0 aliphatic heterocycles. The lowest BCUT2D eigenvalue weighted by atomic mass is 10.1. The van der Waals surface area contributed by atoms with Crippen LogP contribution in [-0.4, -0.2) is 10.4 Å². The van der Waals surface area contributed by atoms with Gasteiger partial charge in [0, 0.05) is 23.6 Å². The van der Waals surface area contributed by atoms with Crippen molar-refractivity contribution >= 4 is 5.78 Å². The fourth-order valence-corrected chi connectivity index (χ4v) is 2.13. The van der Waals surface area contributed by atoms with Crippen molar-refractivity contribution in [3.8, 4) is 5.69 Å². The molecule has 3 heteroatoms. The first-order valence-electron chi connectivity index (χ1n) is 6.22. The molecule has 1 aromatic carbocycles. The van der Waals surface area contributed by atoms with Crippen LogP contribution >= 0.6 is 0 Å². The molecule has 98 valence electrons. The standard InChI is InChI=1S/C16H17NO2/c1-10-5-6-11(2)15(7-10)17-9-14(13(4)18)16(19)8-12(17)3/h5-9H,1-4H3. The molecule has 0 unspecified atom stereocenters. The highest BCUT2D eigenvalue weighted by atomic mass is 16.1. The van der Waals surface area contributed by atoms with E-state index in [1.165, 1.54) is 13.0 Å². The molecule has 0 atom stereocenters. The van der Waals surface area contributed by atoms with Crippen LogP contribution in [0.4, 0.5) is 0 Å². The van der Waals surface area contributed by atoms with Crippen LogP contribution in [0.25, 0.3) is 5.69 Å². The topological polar surface area (TPSA) is 39.1 Å². The van der Waals surface area contributed by atoms with Gasteiger partial charge in [-0.05, 0) is 44.9 Å². The molecule has 0 aliphatic rings. The van der Waals surface area contributed by atoms with Crippen LogP contribution in [0.1, 0.15) is 34.1 Å². The average Bonchev–Trinajstić information content (AvgIpc) is 2.32. The van der Waals surface area contributed by atoms with Gasteiger partial charge < -0.3 is 4.57 Å². The molecule has 3 nitrogen and oxygen atoms in total. The lowest BCUT2D eigenvalue weighted by molar-refractivity contribution is 0.101. The summed E-state index contributed by atoms with van der Waals surface area (Å²) in [5.74, 6) is -0.205. The SMILES string of the molecule is CC(=O)c1cn(-c2cc(C)ccc2C)c(C)cc1=O. The highest BCUT2D eigenvalue weighted by molar-refractivity contribution is 5.93. The van der Waals surface area contributed by atoms with Crippen molar-refractivity contribution in [1.82, 2.24) is 4.57 Å². The molecular weight excluding hydrogens is 238 g/mol. The summed E-state index contributed by atoms with van der Waals surface area (Å²) in [6.07, 6.45) is 1.64. The van der Waals surface area contributed by atoms with E-state index < -0.39 is 0 Å². The van der Waals surface area contributed by atoms with Crippen LogP contribution < -0.4 is 5.43 Å². The van der Waals surface area contributed by atoms with Gasteiger partial charge in [-0.15, -0.1) is 0 Å². The van der Waals surface area contributed by atoms with Crippen molar-refractivity contribution in [2.24, 2.45) is 0 Å². The molecule has 0 saturated heterocycles. The summed E-state index contributed by atoms with van der Waals surface area (Å²) in [7, 11) is 0. The fourth-order valence-electron chi connectivity index (χ4n) is 2.13. The van der Waals surface area contributed by atoms with Gasteiger partial charge in [0.05, 0.1) is 5.56 Å². The van der Waals surface area contributed by atoms with E-state index in [2.05, 4.69) is 6.07 Å². The third-order valence-electron chi connectivity index (χ3n) is 3.25. The lowest BCUT2D eigenvalue weighted by Crippen LogP contribution is -2.17. The number of hydrogen-bond donors (Lipinski definition) is 0. The lowest BCUT2D eigenvalue weighted by Gasteiger charge is -2.15. The van der Waals surface area contributed by atoms with E-state index in [4.69, 9.17) is 0 Å². The van der Waals surface area contributed by atoms with Gasteiger partial charge in [-0.1, -0.05) is 12.1 Å². The largest absolute Gasteiger partial charge is 0.320 e. The summed E-state index contributed by atoms with van der Waals surface area (Å²) in [6.45, 7) is 7.32. The van der Waals surface area contributed by atoms with Gasteiger partial charge in [-0.25, -0.2) is 0 Å².